The Bertz CT molecular complexity index is 364. The van der Waals surface area contributed by atoms with Gasteiger partial charge in [0.2, 0.25) is 0 Å². The SMILES string of the molecule is CC(C)c1ccc(C(N)C(C)C)c(C(C)C)c1. The van der Waals surface area contributed by atoms with Gasteiger partial charge in [-0.3, -0.25) is 0 Å². The van der Waals surface area contributed by atoms with Crippen molar-refractivity contribution < 1.29 is 0 Å². The molecule has 0 aliphatic heterocycles. The smallest absolute Gasteiger partial charge is 0.0321 e. The summed E-state index contributed by atoms with van der Waals surface area (Å²) in [6.07, 6.45) is 0. The zero-order chi connectivity index (χ0) is 13.2. The van der Waals surface area contributed by atoms with E-state index < -0.39 is 0 Å². The third-order valence-corrected chi connectivity index (χ3v) is 3.48. The van der Waals surface area contributed by atoms with Crippen LogP contribution in [-0.2, 0) is 0 Å². The monoisotopic (exact) mass is 233 g/mol. The van der Waals surface area contributed by atoms with E-state index in [4.69, 9.17) is 5.73 Å². The molecule has 96 valence electrons. The number of hydrogen-bond acceptors (Lipinski definition) is 1. The van der Waals surface area contributed by atoms with Gasteiger partial charge in [-0.05, 0) is 34.4 Å². The highest BCUT2D eigenvalue weighted by molar-refractivity contribution is 5.37. The maximum Gasteiger partial charge on any atom is 0.0321 e. The minimum absolute atomic E-state index is 0.147. The van der Waals surface area contributed by atoms with Crippen LogP contribution in [0.5, 0.6) is 0 Å². The maximum atomic E-state index is 6.30. The van der Waals surface area contributed by atoms with Gasteiger partial charge in [-0.1, -0.05) is 59.7 Å². The van der Waals surface area contributed by atoms with E-state index in [1.54, 1.807) is 0 Å². The van der Waals surface area contributed by atoms with Crippen LogP contribution in [0.15, 0.2) is 18.2 Å². The van der Waals surface area contributed by atoms with Gasteiger partial charge in [0.05, 0.1) is 0 Å². The molecule has 0 saturated carbocycles. The van der Waals surface area contributed by atoms with Crippen LogP contribution in [0.1, 0.15) is 76.1 Å². The fraction of sp³-hybridized carbons (Fsp3) is 0.625. The Balaban J connectivity index is 3.22. The van der Waals surface area contributed by atoms with E-state index in [9.17, 15) is 0 Å². The zero-order valence-corrected chi connectivity index (χ0v) is 12.1. The molecule has 0 amide bonds. The van der Waals surface area contributed by atoms with E-state index >= 15 is 0 Å². The van der Waals surface area contributed by atoms with Crippen molar-refractivity contribution in [3.8, 4) is 0 Å². The molecule has 1 heteroatoms. The summed E-state index contributed by atoms with van der Waals surface area (Å²) in [5.74, 6) is 1.60. The molecule has 2 N–H and O–H groups in total. The quantitative estimate of drug-likeness (QED) is 0.808. The summed E-state index contributed by atoms with van der Waals surface area (Å²) in [4.78, 5) is 0. The highest BCUT2D eigenvalue weighted by Gasteiger charge is 2.17. The summed E-state index contributed by atoms with van der Waals surface area (Å²) in [5, 5.41) is 0. The maximum absolute atomic E-state index is 6.30. The molecule has 0 aliphatic rings. The molecule has 0 heterocycles. The van der Waals surface area contributed by atoms with Crippen molar-refractivity contribution in [1.29, 1.82) is 0 Å². The minimum Gasteiger partial charge on any atom is -0.324 e. The fourth-order valence-corrected chi connectivity index (χ4v) is 2.12. The molecule has 1 rings (SSSR count). The van der Waals surface area contributed by atoms with Crippen molar-refractivity contribution in [2.75, 3.05) is 0 Å². The summed E-state index contributed by atoms with van der Waals surface area (Å²) in [5.41, 5.74) is 10.4. The summed E-state index contributed by atoms with van der Waals surface area (Å²) in [6.45, 7) is 13.3. The molecule has 1 atom stereocenters. The van der Waals surface area contributed by atoms with Crippen molar-refractivity contribution in [2.45, 2.75) is 59.4 Å². The number of hydrogen-bond donors (Lipinski definition) is 1. The highest BCUT2D eigenvalue weighted by Crippen LogP contribution is 2.30. The highest BCUT2D eigenvalue weighted by atomic mass is 14.6. The Morgan fingerprint density at radius 2 is 1.41 bits per heavy atom. The second-order valence-electron chi connectivity index (χ2n) is 5.97. The first-order valence-corrected chi connectivity index (χ1v) is 6.73. The molecule has 0 radical (unpaired) electrons. The second kappa shape index (κ2) is 5.68. The van der Waals surface area contributed by atoms with Crippen LogP contribution < -0.4 is 5.73 Å². The molecule has 1 aromatic rings. The molecule has 0 spiro atoms. The van der Waals surface area contributed by atoms with E-state index in [0.29, 0.717) is 17.8 Å². The van der Waals surface area contributed by atoms with Crippen LogP contribution in [-0.4, -0.2) is 0 Å². The first-order chi connectivity index (χ1) is 7.84. The summed E-state index contributed by atoms with van der Waals surface area (Å²) >= 11 is 0. The molecule has 17 heavy (non-hydrogen) atoms. The first kappa shape index (κ1) is 14.2. The zero-order valence-electron chi connectivity index (χ0n) is 12.1. The predicted molar refractivity (Wildman–Crippen MR) is 76.4 cm³/mol. The Kier molecular flexibility index (Phi) is 4.76. The van der Waals surface area contributed by atoms with Gasteiger partial charge in [-0.2, -0.15) is 0 Å². The molecule has 1 unspecified atom stereocenters. The van der Waals surface area contributed by atoms with Crippen LogP contribution in [0.25, 0.3) is 0 Å². The molecule has 0 bridgehead atoms. The average Bonchev–Trinajstić information content (AvgIpc) is 2.26. The van der Waals surface area contributed by atoms with E-state index in [2.05, 4.69) is 59.7 Å². The van der Waals surface area contributed by atoms with Crippen molar-refractivity contribution in [3.63, 3.8) is 0 Å². The number of rotatable bonds is 4. The molecule has 0 aromatic heterocycles. The predicted octanol–water partition coefficient (Wildman–Crippen LogP) is 4.59. The largest absolute Gasteiger partial charge is 0.324 e. The lowest BCUT2D eigenvalue weighted by Gasteiger charge is -2.23. The lowest BCUT2D eigenvalue weighted by Crippen LogP contribution is -2.19. The molecular formula is C16H27N. The topological polar surface area (TPSA) is 26.0 Å². The lowest BCUT2D eigenvalue weighted by atomic mass is 9.85. The van der Waals surface area contributed by atoms with Gasteiger partial charge < -0.3 is 5.73 Å². The van der Waals surface area contributed by atoms with Crippen LogP contribution in [0, 0.1) is 5.92 Å². The van der Waals surface area contributed by atoms with Gasteiger partial charge in [0.25, 0.3) is 0 Å². The van der Waals surface area contributed by atoms with Crippen molar-refractivity contribution in [2.24, 2.45) is 11.7 Å². The van der Waals surface area contributed by atoms with E-state index in [-0.39, 0.29) is 6.04 Å². The minimum atomic E-state index is 0.147. The van der Waals surface area contributed by atoms with Crippen molar-refractivity contribution in [3.05, 3.63) is 34.9 Å². The molecule has 1 aromatic carbocycles. The summed E-state index contributed by atoms with van der Waals surface area (Å²) in [6, 6.07) is 6.95. The van der Waals surface area contributed by atoms with Crippen molar-refractivity contribution in [1.82, 2.24) is 0 Å². The van der Waals surface area contributed by atoms with Gasteiger partial charge in [-0.15, -0.1) is 0 Å². The normalized spacial score (nSPS) is 13.8. The summed E-state index contributed by atoms with van der Waals surface area (Å²) in [7, 11) is 0. The molecular weight excluding hydrogens is 206 g/mol. The van der Waals surface area contributed by atoms with Gasteiger partial charge in [0, 0.05) is 6.04 Å². The second-order valence-corrected chi connectivity index (χ2v) is 5.97. The van der Waals surface area contributed by atoms with E-state index in [1.165, 1.54) is 16.7 Å². The Morgan fingerprint density at radius 1 is 0.824 bits per heavy atom. The van der Waals surface area contributed by atoms with Gasteiger partial charge in [-0.25, -0.2) is 0 Å². The van der Waals surface area contributed by atoms with Gasteiger partial charge >= 0.3 is 0 Å². The van der Waals surface area contributed by atoms with Crippen LogP contribution >= 0.6 is 0 Å². The molecule has 0 fully saturated rings. The standard InChI is InChI=1S/C16H27N/c1-10(2)13-7-8-14(16(17)12(5)6)15(9-13)11(3)4/h7-12,16H,17H2,1-6H3. The van der Waals surface area contributed by atoms with Crippen LogP contribution in [0.2, 0.25) is 0 Å². The van der Waals surface area contributed by atoms with Crippen LogP contribution in [0.4, 0.5) is 0 Å². The van der Waals surface area contributed by atoms with Crippen molar-refractivity contribution >= 4 is 0 Å². The third-order valence-electron chi connectivity index (χ3n) is 3.48. The summed E-state index contributed by atoms with van der Waals surface area (Å²) < 4.78 is 0. The van der Waals surface area contributed by atoms with Crippen LogP contribution in [0.3, 0.4) is 0 Å². The lowest BCUT2D eigenvalue weighted by molar-refractivity contribution is 0.508. The van der Waals surface area contributed by atoms with E-state index in [0.717, 1.165) is 0 Å². The Hall–Kier alpha value is -0.820. The third kappa shape index (κ3) is 3.32. The molecule has 0 saturated heterocycles. The molecule has 0 aliphatic carbocycles. The van der Waals surface area contributed by atoms with Gasteiger partial charge in [0.1, 0.15) is 0 Å². The Labute approximate surface area is 106 Å². The van der Waals surface area contributed by atoms with E-state index in [1.807, 2.05) is 0 Å². The number of benzene rings is 1. The number of nitrogens with two attached hydrogens (primary N) is 1. The fourth-order valence-electron chi connectivity index (χ4n) is 2.12. The Morgan fingerprint density at radius 3 is 1.82 bits per heavy atom. The first-order valence-electron chi connectivity index (χ1n) is 6.73. The van der Waals surface area contributed by atoms with Gasteiger partial charge in [0.15, 0.2) is 0 Å². The molecule has 1 nitrogen and oxygen atoms in total. The average molecular weight is 233 g/mol.